The summed E-state index contributed by atoms with van der Waals surface area (Å²) in [7, 11) is 0. The zero-order valence-electron chi connectivity index (χ0n) is 24.3. The van der Waals surface area contributed by atoms with Crippen LogP contribution >= 0.6 is 11.6 Å². The van der Waals surface area contributed by atoms with Crippen LogP contribution in [-0.2, 0) is 20.9 Å². The molecule has 0 aliphatic carbocycles. The van der Waals surface area contributed by atoms with Crippen LogP contribution in [0.4, 0.5) is 10.5 Å². The van der Waals surface area contributed by atoms with Crippen LogP contribution in [-0.4, -0.2) is 37.0 Å². The Morgan fingerprint density at radius 1 is 0.932 bits per heavy atom. The Morgan fingerprint density at radius 2 is 1.68 bits per heavy atom. The molecule has 4 aromatic rings. The molecule has 10 heteroatoms. The number of aryl methyl sites for hydroxylation is 1. The molecule has 1 N–H and O–H groups in total. The van der Waals surface area contributed by atoms with Gasteiger partial charge >= 0.3 is 12.0 Å². The second kappa shape index (κ2) is 13.0. The van der Waals surface area contributed by atoms with Crippen LogP contribution in [0.3, 0.4) is 0 Å². The number of nitrogens with one attached hydrogen (secondary N) is 1. The number of halogens is 1. The van der Waals surface area contributed by atoms with Gasteiger partial charge in [-0.15, -0.1) is 0 Å². The summed E-state index contributed by atoms with van der Waals surface area (Å²) in [6, 6.07) is 20.1. The summed E-state index contributed by atoms with van der Waals surface area (Å²) in [6.07, 6.45) is 1.33. The molecule has 1 aliphatic heterocycles. The van der Waals surface area contributed by atoms with Gasteiger partial charge in [0, 0.05) is 5.56 Å². The maximum absolute atomic E-state index is 13.4. The Balaban J connectivity index is 1.44. The fraction of sp³-hybridized carbons (Fsp3) is 0.176. The summed E-state index contributed by atoms with van der Waals surface area (Å²) >= 11 is 6.67. The summed E-state index contributed by atoms with van der Waals surface area (Å²) in [4.78, 5) is 51.7. The molecule has 9 nitrogen and oxygen atoms in total. The van der Waals surface area contributed by atoms with Crippen molar-refractivity contribution in [2.45, 2.75) is 27.4 Å². The number of amides is 4. The Hall–Kier alpha value is -5.15. The number of esters is 1. The van der Waals surface area contributed by atoms with Crippen molar-refractivity contribution in [3.63, 3.8) is 0 Å². The van der Waals surface area contributed by atoms with Crippen LogP contribution in [0.25, 0.3) is 16.8 Å². The molecule has 0 bridgehead atoms. The number of imide groups is 2. The first-order chi connectivity index (χ1) is 21.2. The van der Waals surface area contributed by atoms with Crippen LogP contribution in [0, 0.1) is 6.92 Å². The van der Waals surface area contributed by atoms with E-state index >= 15 is 0 Å². The molecule has 0 aromatic heterocycles. The summed E-state index contributed by atoms with van der Waals surface area (Å²) < 4.78 is 17.0. The van der Waals surface area contributed by atoms with E-state index in [1.807, 2.05) is 44.2 Å². The van der Waals surface area contributed by atoms with E-state index in [4.69, 9.17) is 25.8 Å². The van der Waals surface area contributed by atoms with Crippen LogP contribution < -0.4 is 19.7 Å². The Kier molecular flexibility index (Phi) is 8.96. The SMILES string of the molecule is CCOC(=O)c1ccc(N2C(=O)NC(=O)/C(=C\c3cc(Cl)c(OCc4c(C)ccc5ccccc45)c(OCC)c3)C2=O)cc1. The van der Waals surface area contributed by atoms with E-state index in [2.05, 4.69) is 11.4 Å². The molecular weight excluding hydrogens is 584 g/mol. The minimum atomic E-state index is -0.915. The predicted octanol–water partition coefficient (Wildman–Crippen LogP) is 6.62. The zero-order chi connectivity index (χ0) is 31.4. The van der Waals surface area contributed by atoms with Crippen molar-refractivity contribution in [2.24, 2.45) is 0 Å². The van der Waals surface area contributed by atoms with E-state index in [0.29, 0.717) is 23.7 Å². The third-order valence-electron chi connectivity index (χ3n) is 7.02. The van der Waals surface area contributed by atoms with Crippen molar-refractivity contribution in [2.75, 3.05) is 18.1 Å². The number of hydrogen-bond acceptors (Lipinski definition) is 7. The van der Waals surface area contributed by atoms with E-state index in [1.165, 1.54) is 30.3 Å². The molecule has 224 valence electrons. The smallest absolute Gasteiger partial charge is 0.338 e. The van der Waals surface area contributed by atoms with Crippen LogP contribution in [0.5, 0.6) is 11.5 Å². The molecule has 0 atom stereocenters. The number of barbiturate groups is 1. The fourth-order valence-corrected chi connectivity index (χ4v) is 5.15. The van der Waals surface area contributed by atoms with E-state index in [-0.39, 0.29) is 35.1 Å². The van der Waals surface area contributed by atoms with Crippen molar-refractivity contribution < 1.29 is 33.4 Å². The third-order valence-corrected chi connectivity index (χ3v) is 7.30. The lowest BCUT2D eigenvalue weighted by atomic mass is 10.0. The number of carbonyl (C=O) groups excluding carboxylic acids is 4. The third kappa shape index (κ3) is 6.14. The van der Waals surface area contributed by atoms with Gasteiger partial charge in [-0.25, -0.2) is 14.5 Å². The summed E-state index contributed by atoms with van der Waals surface area (Å²) in [5, 5.41) is 4.56. The zero-order valence-corrected chi connectivity index (χ0v) is 25.1. The predicted molar refractivity (Wildman–Crippen MR) is 167 cm³/mol. The number of fused-ring (bicyclic) bond motifs is 1. The van der Waals surface area contributed by atoms with Gasteiger partial charge in [-0.1, -0.05) is 48.0 Å². The monoisotopic (exact) mass is 612 g/mol. The molecule has 1 fully saturated rings. The number of nitrogens with zero attached hydrogens (tertiary/aromatic N) is 1. The normalized spacial score (nSPS) is 14.1. The minimum Gasteiger partial charge on any atom is -0.490 e. The molecule has 0 spiro atoms. The van der Waals surface area contributed by atoms with Gasteiger partial charge in [-0.05, 0) is 85.1 Å². The first kappa shape index (κ1) is 30.3. The number of hydrogen-bond donors (Lipinski definition) is 1. The van der Waals surface area contributed by atoms with Gasteiger partial charge in [0.25, 0.3) is 11.8 Å². The summed E-state index contributed by atoms with van der Waals surface area (Å²) in [6.45, 7) is 6.26. The van der Waals surface area contributed by atoms with Gasteiger partial charge in [0.05, 0.1) is 29.5 Å². The van der Waals surface area contributed by atoms with Crippen molar-refractivity contribution >= 4 is 58.0 Å². The highest BCUT2D eigenvalue weighted by molar-refractivity contribution is 6.39. The van der Waals surface area contributed by atoms with Gasteiger partial charge in [-0.3, -0.25) is 14.9 Å². The van der Waals surface area contributed by atoms with Gasteiger partial charge in [0.1, 0.15) is 12.2 Å². The molecule has 44 heavy (non-hydrogen) atoms. The first-order valence-corrected chi connectivity index (χ1v) is 14.3. The average molecular weight is 613 g/mol. The lowest BCUT2D eigenvalue weighted by Crippen LogP contribution is -2.54. The number of anilines is 1. The van der Waals surface area contributed by atoms with Gasteiger partial charge < -0.3 is 14.2 Å². The number of ether oxygens (including phenoxy) is 3. The van der Waals surface area contributed by atoms with Crippen LogP contribution in [0.2, 0.25) is 5.02 Å². The molecule has 4 amide bonds. The average Bonchev–Trinajstić information content (AvgIpc) is 3.00. The number of benzene rings is 4. The standard InChI is InChI=1S/C34H29ClN2O7/c1-4-42-29-18-21(17-28(35)30(29)44-19-27-20(3)10-11-22-8-6-7-9-25(22)27)16-26-31(38)36-34(41)37(32(26)39)24-14-12-23(13-15-24)33(40)43-5-2/h6-18H,4-5,19H2,1-3H3,(H,36,38,41)/b26-16+. The highest BCUT2D eigenvalue weighted by Crippen LogP contribution is 2.39. The molecule has 0 saturated carbocycles. The van der Waals surface area contributed by atoms with Crippen molar-refractivity contribution in [1.82, 2.24) is 5.32 Å². The second-order valence-electron chi connectivity index (χ2n) is 9.86. The molecule has 4 aromatic carbocycles. The van der Waals surface area contributed by atoms with E-state index in [0.717, 1.165) is 26.8 Å². The minimum absolute atomic E-state index is 0.166. The van der Waals surface area contributed by atoms with E-state index in [9.17, 15) is 19.2 Å². The van der Waals surface area contributed by atoms with Crippen molar-refractivity contribution in [1.29, 1.82) is 0 Å². The van der Waals surface area contributed by atoms with E-state index in [1.54, 1.807) is 19.1 Å². The lowest BCUT2D eigenvalue weighted by molar-refractivity contribution is -0.122. The molecule has 5 rings (SSSR count). The molecule has 1 saturated heterocycles. The van der Waals surface area contributed by atoms with Gasteiger partial charge in [-0.2, -0.15) is 0 Å². The Labute approximate surface area is 259 Å². The van der Waals surface area contributed by atoms with E-state index < -0.39 is 23.8 Å². The highest BCUT2D eigenvalue weighted by Gasteiger charge is 2.37. The van der Waals surface area contributed by atoms with Crippen molar-refractivity contribution in [3.8, 4) is 11.5 Å². The summed E-state index contributed by atoms with van der Waals surface area (Å²) in [5.74, 6) is -1.59. The fourth-order valence-electron chi connectivity index (χ4n) is 4.87. The maximum atomic E-state index is 13.4. The number of urea groups is 1. The number of carbonyl (C=O) groups is 4. The Morgan fingerprint density at radius 3 is 2.41 bits per heavy atom. The molecule has 1 heterocycles. The maximum Gasteiger partial charge on any atom is 0.338 e. The van der Waals surface area contributed by atoms with Crippen molar-refractivity contribution in [3.05, 3.63) is 106 Å². The largest absolute Gasteiger partial charge is 0.490 e. The van der Waals surface area contributed by atoms with Crippen LogP contribution in [0.1, 0.15) is 40.9 Å². The quantitative estimate of drug-likeness (QED) is 0.128. The lowest BCUT2D eigenvalue weighted by Gasteiger charge is -2.26. The summed E-state index contributed by atoms with van der Waals surface area (Å²) in [5.41, 5.74) is 2.59. The molecule has 0 radical (unpaired) electrons. The van der Waals surface area contributed by atoms with Gasteiger partial charge in [0.2, 0.25) is 0 Å². The van der Waals surface area contributed by atoms with Gasteiger partial charge in [0.15, 0.2) is 11.5 Å². The molecule has 0 unspecified atom stereocenters. The van der Waals surface area contributed by atoms with Crippen LogP contribution in [0.15, 0.2) is 78.4 Å². The highest BCUT2D eigenvalue weighted by atomic mass is 35.5. The molecular formula is C34H29ClN2O7. The first-order valence-electron chi connectivity index (χ1n) is 14.0. The second-order valence-corrected chi connectivity index (χ2v) is 10.3. The Bertz CT molecular complexity index is 1810. The number of rotatable bonds is 9. The topological polar surface area (TPSA) is 111 Å². The molecule has 1 aliphatic rings.